The molecule has 4 heteroatoms. The lowest BCUT2D eigenvalue weighted by molar-refractivity contribution is 0.585. The molecule has 1 aromatic heterocycles. The number of aromatic nitrogens is 1. The van der Waals surface area contributed by atoms with Gasteiger partial charge in [-0.1, -0.05) is 28.1 Å². The topological polar surface area (TPSA) is 24.9 Å². The number of benzene rings is 1. The summed E-state index contributed by atoms with van der Waals surface area (Å²) in [4.78, 5) is 4.53. The maximum atomic E-state index is 4.53. The molecule has 0 aliphatic heterocycles. The molecule has 2 rings (SSSR count). The van der Waals surface area contributed by atoms with Crippen LogP contribution in [0.4, 0.5) is 0 Å². The lowest BCUT2D eigenvalue weighted by Gasteiger charge is -2.16. The lowest BCUT2D eigenvalue weighted by Crippen LogP contribution is -2.19. The highest BCUT2D eigenvalue weighted by Crippen LogP contribution is 2.24. The molecule has 0 aliphatic rings. The highest BCUT2D eigenvalue weighted by atomic mass is 79.9. The van der Waals surface area contributed by atoms with Crippen molar-refractivity contribution in [3.8, 4) is 0 Å². The zero-order valence-electron chi connectivity index (χ0n) is 10.8. The summed E-state index contributed by atoms with van der Waals surface area (Å²) in [5.41, 5.74) is 3.72. The third-order valence-electron chi connectivity index (χ3n) is 3.03. The fourth-order valence-corrected chi connectivity index (χ4v) is 2.95. The van der Waals surface area contributed by atoms with Gasteiger partial charge < -0.3 is 5.32 Å². The molecule has 1 N–H and O–H groups in total. The van der Waals surface area contributed by atoms with Gasteiger partial charge in [0.2, 0.25) is 0 Å². The summed E-state index contributed by atoms with van der Waals surface area (Å²) >= 11 is 5.30. The van der Waals surface area contributed by atoms with Gasteiger partial charge in [-0.05, 0) is 38.1 Å². The van der Waals surface area contributed by atoms with Crippen molar-refractivity contribution in [2.24, 2.45) is 0 Å². The molecule has 18 heavy (non-hydrogen) atoms. The van der Waals surface area contributed by atoms with Gasteiger partial charge in [-0.15, -0.1) is 11.3 Å². The molecule has 2 nitrogen and oxygen atoms in total. The van der Waals surface area contributed by atoms with E-state index in [9.17, 15) is 0 Å². The molecule has 0 aliphatic carbocycles. The van der Waals surface area contributed by atoms with Gasteiger partial charge in [0, 0.05) is 22.3 Å². The molecular weight excluding hydrogens is 308 g/mol. The van der Waals surface area contributed by atoms with Gasteiger partial charge in [-0.2, -0.15) is 0 Å². The average Bonchev–Trinajstić information content (AvgIpc) is 2.75. The van der Waals surface area contributed by atoms with Gasteiger partial charge in [0.15, 0.2) is 0 Å². The first-order chi connectivity index (χ1) is 8.60. The summed E-state index contributed by atoms with van der Waals surface area (Å²) in [5.74, 6) is 0. The molecule has 0 bridgehead atoms. The van der Waals surface area contributed by atoms with Gasteiger partial charge in [0.25, 0.3) is 0 Å². The predicted octanol–water partition coefficient (Wildman–Crippen LogP) is 4.03. The van der Waals surface area contributed by atoms with E-state index in [4.69, 9.17) is 0 Å². The van der Waals surface area contributed by atoms with Crippen molar-refractivity contribution in [3.05, 3.63) is 49.9 Å². The number of nitrogens with zero attached hydrogens (tertiary/aromatic N) is 1. The molecule has 96 valence electrons. The Hall–Kier alpha value is -0.710. The SMILES string of the molecule is CNC(Cc1csc(C)n1)c1ccc(C)c(Br)c1. The minimum Gasteiger partial charge on any atom is -0.313 e. The Morgan fingerprint density at radius 1 is 1.39 bits per heavy atom. The molecule has 0 fully saturated rings. The summed E-state index contributed by atoms with van der Waals surface area (Å²) in [6.07, 6.45) is 0.927. The monoisotopic (exact) mass is 324 g/mol. The van der Waals surface area contributed by atoms with Crippen LogP contribution in [0, 0.1) is 13.8 Å². The van der Waals surface area contributed by atoms with Crippen molar-refractivity contribution in [1.82, 2.24) is 10.3 Å². The van der Waals surface area contributed by atoms with Crippen LogP contribution in [0.1, 0.15) is 27.9 Å². The van der Waals surface area contributed by atoms with Gasteiger partial charge in [-0.3, -0.25) is 0 Å². The van der Waals surface area contributed by atoms with E-state index in [1.54, 1.807) is 11.3 Å². The van der Waals surface area contributed by atoms with E-state index in [-0.39, 0.29) is 0 Å². The van der Waals surface area contributed by atoms with E-state index in [0.717, 1.165) is 21.6 Å². The van der Waals surface area contributed by atoms with Crippen LogP contribution in [0.5, 0.6) is 0 Å². The van der Waals surface area contributed by atoms with Gasteiger partial charge in [0.05, 0.1) is 10.7 Å². The number of aryl methyl sites for hydroxylation is 2. The van der Waals surface area contributed by atoms with E-state index in [1.807, 2.05) is 14.0 Å². The van der Waals surface area contributed by atoms with Gasteiger partial charge in [0.1, 0.15) is 0 Å². The van der Waals surface area contributed by atoms with Crippen molar-refractivity contribution in [2.75, 3.05) is 7.05 Å². The van der Waals surface area contributed by atoms with Crippen LogP contribution >= 0.6 is 27.3 Å². The van der Waals surface area contributed by atoms with Crippen molar-refractivity contribution in [1.29, 1.82) is 0 Å². The largest absolute Gasteiger partial charge is 0.313 e. The van der Waals surface area contributed by atoms with Crippen molar-refractivity contribution >= 4 is 27.3 Å². The minimum absolute atomic E-state index is 0.309. The summed E-state index contributed by atoms with van der Waals surface area (Å²) in [6, 6.07) is 6.83. The van der Waals surface area contributed by atoms with E-state index in [1.165, 1.54) is 11.1 Å². The first-order valence-electron chi connectivity index (χ1n) is 5.94. The molecule has 1 heterocycles. The Morgan fingerprint density at radius 2 is 2.17 bits per heavy atom. The number of halogens is 1. The summed E-state index contributed by atoms with van der Waals surface area (Å²) < 4.78 is 1.16. The second-order valence-corrected chi connectivity index (χ2v) is 6.33. The van der Waals surface area contributed by atoms with Crippen molar-refractivity contribution in [2.45, 2.75) is 26.3 Å². The Labute approximate surface area is 121 Å². The fourth-order valence-electron chi connectivity index (χ4n) is 1.92. The molecule has 0 radical (unpaired) electrons. The van der Waals surface area contributed by atoms with Gasteiger partial charge in [-0.25, -0.2) is 4.98 Å². The fraction of sp³-hybridized carbons (Fsp3) is 0.357. The van der Waals surface area contributed by atoms with E-state index in [2.05, 4.69) is 56.7 Å². The lowest BCUT2D eigenvalue weighted by atomic mass is 10.0. The molecule has 1 atom stereocenters. The highest BCUT2D eigenvalue weighted by Gasteiger charge is 2.12. The molecule has 1 aromatic carbocycles. The number of rotatable bonds is 4. The Bertz CT molecular complexity index is 536. The molecule has 0 saturated heterocycles. The highest BCUT2D eigenvalue weighted by molar-refractivity contribution is 9.10. The van der Waals surface area contributed by atoms with Crippen LogP contribution in [0.3, 0.4) is 0 Å². The number of hydrogen-bond acceptors (Lipinski definition) is 3. The van der Waals surface area contributed by atoms with E-state index in [0.29, 0.717) is 6.04 Å². The molecule has 2 aromatic rings. The van der Waals surface area contributed by atoms with Crippen molar-refractivity contribution in [3.63, 3.8) is 0 Å². The maximum absolute atomic E-state index is 4.53. The molecule has 1 unspecified atom stereocenters. The second-order valence-electron chi connectivity index (χ2n) is 4.41. The third-order valence-corrected chi connectivity index (χ3v) is 4.70. The Balaban J connectivity index is 2.19. The number of thiazole rings is 1. The standard InChI is InChI=1S/C14H17BrN2S/c1-9-4-5-11(6-13(9)15)14(16-3)7-12-8-18-10(2)17-12/h4-6,8,14,16H,7H2,1-3H3. The molecule has 0 saturated carbocycles. The number of hydrogen-bond donors (Lipinski definition) is 1. The van der Waals surface area contributed by atoms with E-state index >= 15 is 0 Å². The van der Waals surface area contributed by atoms with Crippen molar-refractivity contribution < 1.29 is 0 Å². The maximum Gasteiger partial charge on any atom is 0.0897 e. The normalized spacial score (nSPS) is 12.7. The third kappa shape index (κ3) is 3.19. The van der Waals surface area contributed by atoms with Crippen LogP contribution in [0.25, 0.3) is 0 Å². The first-order valence-corrected chi connectivity index (χ1v) is 7.61. The number of likely N-dealkylation sites (N-methyl/N-ethyl adjacent to an activating group) is 1. The zero-order valence-corrected chi connectivity index (χ0v) is 13.2. The quantitative estimate of drug-likeness (QED) is 0.918. The summed E-state index contributed by atoms with van der Waals surface area (Å²) in [6.45, 7) is 4.15. The first kappa shape index (κ1) is 13.7. The zero-order chi connectivity index (χ0) is 13.1. The smallest absolute Gasteiger partial charge is 0.0897 e. The summed E-state index contributed by atoms with van der Waals surface area (Å²) in [5, 5.41) is 6.64. The van der Waals surface area contributed by atoms with Crippen LogP contribution < -0.4 is 5.32 Å². The molecule has 0 amide bonds. The van der Waals surface area contributed by atoms with Crippen LogP contribution in [0.15, 0.2) is 28.1 Å². The second kappa shape index (κ2) is 5.95. The number of nitrogens with one attached hydrogen (secondary N) is 1. The average molecular weight is 325 g/mol. The molecular formula is C14H17BrN2S. The molecule has 0 spiro atoms. The van der Waals surface area contributed by atoms with Crippen LogP contribution in [-0.4, -0.2) is 12.0 Å². The minimum atomic E-state index is 0.309. The van der Waals surface area contributed by atoms with Gasteiger partial charge >= 0.3 is 0 Å². The van der Waals surface area contributed by atoms with Crippen LogP contribution in [-0.2, 0) is 6.42 Å². The Kier molecular flexibility index (Phi) is 4.54. The predicted molar refractivity (Wildman–Crippen MR) is 81.2 cm³/mol. The van der Waals surface area contributed by atoms with E-state index < -0.39 is 0 Å². The van der Waals surface area contributed by atoms with Crippen LogP contribution in [0.2, 0.25) is 0 Å². The Morgan fingerprint density at radius 3 is 2.72 bits per heavy atom. The summed E-state index contributed by atoms with van der Waals surface area (Å²) in [7, 11) is 2.00.